The van der Waals surface area contributed by atoms with E-state index < -0.39 is 15.9 Å². The van der Waals surface area contributed by atoms with Crippen molar-refractivity contribution in [3.8, 4) is 11.5 Å². The molecular formula is C26H28Cl2N2O5S. The Morgan fingerprint density at radius 3 is 2.11 bits per heavy atom. The molecule has 0 bridgehead atoms. The van der Waals surface area contributed by atoms with Crippen LogP contribution in [0, 0.1) is 0 Å². The van der Waals surface area contributed by atoms with Crippen LogP contribution in [-0.2, 0) is 21.2 Å². The van der Waals surface area contributed by atoms with Gasteiger partial charge in [0.15, 0.2) is 11.5 Å². The van der Waals surface area contributed by atoms with Gasteiger partial charge in [-0.05, 0) is 53.3 Å². The number of carbonyl (C=O) groups excluding carboxylic acids is 1. The molecule has 1 aromatic heterocycles. The number of nitrogens with one attached hydrogen (secondary N) is 1. The number of hydrogen-bond donors (Lipinski definition) is 1. The Morgan fingerprint density at radius 2 is 1.56 bits per heavy atom. The summed E-state index contributed by atoms with van der Waals surface area (Å²) in [5.74, 6) is 0.496. The topological polar surface area (TPSA) is 94.6 Å². The zero-order valence-corrected chi connectivity index (χ0v) is 22.7. The van der Waals surface area contributed by atoms with Gasteiger partial charge in [-0.3, -0.25) is 14.5 Å². The first-order valence-electron chi connectivity index (χ1n) is 11.1. The molecule has 2 aromatic carbocycles. The van der Waals surface area contributed by atoms with Crippen LogP contribution in [0.2, 0.25) is 10.0 Å². The van der Waals surface area contributed by atoms with Crippen LogP contribution >= 0.6 is 23.2 Å². The van der Waals surface area contributed by atoms with Crippen molar-refractivity contribution in [1.82, 2.24) is 4.98 Å². The first-order valence-corrected chi connectivity index (χ1v) is 13.8. The van der Waals surface area contributed by atoms with E-state index in [9.17, 15) is 13.2 Å². The number of Topliss-reactive ketones (excluding diaryl/α,β-unsaturated/α-hetero) is 1. The van der Waals surface area contributed by atoms with Gasteiger partial charge in [0.25, 0.3) is 0 Å². The molecule has 36 heavy (non-hydrogen) atoms. The van der Waals surface area contributed by atoms with Crippen LogP contribution < -0.4 is 14.2 Å². The third kappa shape index (κ3) is 7.12. The van der Waals surface area contributed by atoms with E-state index in [0.717, 1.165) is 17.4 Å². The van der Waals surface area contributed by atoms with E-state index in [1.54, 1.807) is 44.6 Å². The van der Waals surface area contributed by atoms with Crippen molar-refractivity contribution in [2.24, 2.45) is 0 Å². The molecular weight excluding hydrogens is 523 g/mol. The Hall–Kier alpha value is -2.81. The fourth-order valence-corrected chi connectivity index (χ4v) is 5.04. The lowest BCUT2D eigenvalue weighted by Crippen LogP contribution is -2.16. The van der Waals surface area contributed by atoms with Gasteiger partial charge < -0.3 is 9.47 Å². The summed E-state index contributed by atoms with van der Waals surface area (Å²) in [6, 6.07) is 12.3. The molecule has 10 heteroatoms. The number of aromatic nitrogens is 1. The predicted molar refractivity (Wildman–Crippen MR) is 143 cm³/mol. The van der Waals surface area contributed by atoms with Gasteiger partial charge in [-0.25, -0.2) is 8.42 Å². The largest absolute Gasteiger partial charge is 0.493 e. The average Bonchev–Trinajstić information content (AvgIpc) is 2.84. The molecule has 0 fully saturated rings. The van der Waals surface area contributed by atoms with E-state index in [1.165, 1.54) is 12.4 Å². The number of nitrogens with zero attached hydrogens (tertiary/aromatic N) is 1. The Kier molecular flexibility index (Phi) is 9.22. The number of carbonyl (C=O) groups is 1. The normalized spacial score (nSPS) is 13.1. The molecule has 0 saturated carbocycles. The first-order chi connectivity index (χ1) is 17.0. The van der Waals surface area contributed by atoms with Crippen LogP contribution in [0.3, 0.4) is 0 Å². The highest BCUT2D eigenvalue weighted by molar-refractivity contribution is 7.92. The summed E-state index contributed by atoms with van der Waals surface area (Å²) in [4.78, 5) is 17.5. The lowest BCUT2D eigenvalue weighted by Gasteiger charge is -2.22. The second kappa shape index (κ2) is 12.0. The molecule has 3 rings (SSSR count). The molecule has 7 nitrogen and oxygen atoms in total. The maximum atomic E-state index is 13.4. The second-order valence-electron chi connectivity index (χ2n) is 8.49. The van der Waals surface area contributed by atoms with Crippen LogP contribution in [0.15, 0.2) is 54.9 Å². The summed E-state index contributed by atoms with van der Waals surface area (Å²) in [5, 5.41) is 0.866. The first kappa shape index (κ1) is 27.8. The van der Waals surface area contributed by atoms with Crippen LogP contribution in [0.4, 0.5) is 5.69 Å². The lowest BCUT2D eigenvalue weighted by atomic mass is 9.83. The van der Waals surface area contributed by atoms with Crippen molar-refractivity contribution in [2.75, 3.05) is 25.2 Å². The van der Waals surface area contributed by atoms with E-state index in [0.29, 0.717) is 39.2 Å². The zero-order valence-electron chi connectivity index (χ0n) is 20.4. The zero-order chi connectivity index (χ0) is 26.5. The monoisotopic (exact) mass is 550 g/mol. The van der Waals surface area contributed by atoms with Gasteiger partial charge in [0, 0.05) is 30.4 Å². The van der Waals surface area contributed by atoms with Crippen LogP contribution in [0.25, 0.3) is 0 Å². The number of anilines is 1. The van der Waals surface area contributed by atoms with E-state index in [2.05, 4.69) is 9.71 Å². The number of methoxy groups -OCH3 is 2. The third-order valence-corrected chi connectivity index (χ3v) is 7.18. The summed E-state index contributed by atoms with van der Waals surface area (Å²) in [6.45, 7) is 1.83. The molecule has 2 atom stereocenters. The molecule has 2 unspecified atom stereocenters. The van der Waals surface area contributed by atoms with Gasteiger partial charge in [-0.15, -0.1) is 0 Å². The quantitative estimate of drug-likeness (QED) is 0.321. The van der Waals surface area contributed by atoms with Crippen molar-refractivity contribution in [2.45, 2.75) is 31.6 Å². The predicted octanol–water partition coefficient (Wildman–Crippen LogP) is 5.87. The summed E-state index contributed by atoms with van der Waals surface area (Å²) in [6.07, 6.45) is 4.79. The smallest absolute Gasteiger partial charge is 0.229 e. The Balaban J connectivity index is 1.90. The van der Waals surface area contributed by atoms with Gasteiger partial charge in [-0.2, -0.15) is 0 Å². The Labute approximate surface area is 221 Å². The van der Waals surface area contributed by atoms with Gasteiger partial charge in [0.1, 0.15) is 5.78 Å². The van der Waals surface area contributed by atoms with Gasteiger partial charge >= 0.3 is 0 Å². The molecule has 0 radical (unpaired) electrons. The van der Waals surface area contributed by atoms with E-state index in [1.807, 2.05) is 19.1 Å². The molecule has 192 valence electrons. The summed E-state index contributed by atoms with van der Waals surface area (Å²) >= 11 is 12.8. The Morgan fingerprint density at radius 1 is 0.972 bits per heavy atom. The molecule has 0 aliphatic rings. The number of hydrogen-bond acceptors (Lipinski definition) is 6. The second-order valence-corrected chi connectivity index (χ2v) is 11.0. The molecule has 3 aromatic rings. The molecule has 0 aliphatic heterocycles. The molecule has 0 saturated heterocycles. The fourth-order valence-electron chi connectivity index (χ4n) is 3.95. The minimum atomic E-state index is -3.38. The molecule has 0 spiro atoms. The number of pyridine rings is 1. The SMILES string of the molecule is COc1ccc(C(CC(=O)C(C)c2ccc(NS(C)(=O)=O)cc2)Cc2c(Cl)cncc2Cl)cc1OC. The molecule has 1 N–H and O–H groups in total. The minimum Gasteiger partial charge on any atom is -0.493 e. The number of rotatable bonds is 11. The molecule has 1 heterocycles. The van der Waals surface area contributed by atoms with Crippen molar-refractivity contribution in [3.05, 3.63) is 81.6 Å². The fraction of sp³-hybridized carbons (Fsp3) is 0.308. The summed E-state index contributed by atoms with van der Waals surface area (Å²) < 4.78 is 36.2. The highest BCUT2D eigenvalue weighted by Crippen LogP contribution is 2.37. The summed E-state index contributed by atoms with van der Waals surface area (Å²) in [7, 11) is -0.262. The standard InChI is InChI=1S/C26H28Cl2N2O5S/c1-16(17-5-8-20(9-6-17)30-36(4,32)33)24(31)12-19(11-21-22(27)14-29-15-23(21)28)18-7-10-25(34-2)26(13-18)35-3/h5-10,13-16,19,30H,11-12H2,1-4H3. The van der Waals surface area contributed by atoms with Crippen molar-refractivity contribution >= 4 is 44.7 Å². The number of sulfonamides is 1. The maximum absolute atomic E-state index is 13.4. The van der Waals surface area contributed by atoms with Gasteiger partial charge in [0.05, 0.1) is 30.5 Å². The van der Waals surface area contributed by atoms with Crippen LogP contribution in [0.5, 0.6) is 11.5 Å². The average molecular weight is 551 g/mol. The highest BCUT2D eigenvalue weighted by atomic mass is 35.5. The van der Waals surface area contributed by atoms with Crippen molar-refractivity contribution in [1.29, 1.82) is 0 Å². The van der Waals surface area contributed by atoms with E-state index >= 15 is 0 Å². The lowest BCUT2D eigenvalue weighted by molar-refractivity contribution is -0.120. The van der Waals surface area contributed by atoms with Crippen LogP contribution in [0.1, 0.15) is 41.9 Å². The molecule has 0 amide bonds. The maximum Gasteiger partial charge on any atom is 0.229 e. The minimum absolute atomic E-state index is 0.0138. The number of halogens is 2. The van der Waals surface area contributed by atoms with Gasteiger partial charge in [0.2, 0.25) is 10.0 Å². The van der Waals surface area contributed by atoms with E-state index in [4.69, 9.17) is 32.7 Å². The Bertz CT molecular complexity index is 1310. The van der Waals surface area contributed by atoms with Gasteiger partial charge in [-0.1, -0.05) is 48.3 Å². The number of benzene rings is 2. The third-order valence-electron chi connectivity index (χ3n) is 5.93. The van der Waals surface area contributed by atoms with Crippen molar-refractivity contribution < 1.29 is 22.7 Å². The molecule has 0 aliphatic carbocycles. The number of ether oxygens (including phenoxy) is 2. The summed E-state index contributed by atoms with van der Waals surface area (Å²) in [5.41, 5.74) is 2.81. The number of ketones is 1. The highest BCUT2D eigenvalue weighted by Gasteiger charge is 2.25. The van der Waals surface area contributed by atoms with Crippen LogP contribution in [-0.4, -0.2) is 39.7 Å². The van der Waals surface area contributed by atoms with E-state index in [-0.39, 0.29) is 18.1 Å². The van der Waals surface area contributed by atoms with Crippen molar-refractivity contribution in [3.63, 3.8) is 0 Å².